The van der Waals surface area contributed by atoms with Crippen LogP contribution in [0.15, 0.2) is 12.2 Å². The fourth-order valence-corrected chi connectivity index (χ4v) is 2.35. The average Bonchev–Trinajstić information content (AvgIpc) is 2.58. The lowest BCUT2D eigenvalue weighted by Crippen LogP contribution is -2.09. The zero-order valence-corrected chi connectivity index (χ0v) is 16.1. The Hall–Kier alpha value is -1.85. The molecule has 0 aromatic carbocycles. The Balaban J connectivity index is 0. The Morgan fingerprint density at radius 3 is 1.38 bits per heavy atom. The van der Waals surface area contributed by atoms with Crippen LogP contribution in [0, 0.1) is 0 Å². The van der Waals surface area contributed by atoms with Gasteiger partial charge in [0.15, 0.2) is 0 Å². The van der Waals surface area contributed by atoms with E-state index in [9.17, 15) is 4.79 Å². The average molecular weight is 373 g/mol. The Bertz CT molecular complexity index is 378. The second kappa shape index (κ2) is 21.2. The standard InChI is InChI=1S/C18H34O2.C2H2O4/c1-2-3-4-5-6-7-8-9-10-11-12-13-14-15-16-17-18(19)20;3-1(4)2(5)6/h9-10H,2-8,11-17H2,1H3,(H,19,20);(H,3,4)(H,5,6)/b10-9-;. The maximum absolute atomic E-state index is 10.3. The summed E-state index contributed by atoms with van der Waals surface area (Å²) in [6, 6.07) is 0. The molecule has 0 amide bonds. The van der Waals surface area contributed by atoms with Crippen molar-refractivity contribution in [3.8, 4) is 0 Å². The number of hydrogen-bond donors (Lipinski definition) is 3. The molecular weight excluding hydrogens is 336 g/mol. The largest absolute Gasteiger partial charge is 0.481 e. The topological polar surface area (TPSA) is 112 Å². The zero-order chi connectivity index (χ0) is 20.0. The number of allylic oxidation sites excluding steroid dienone is 2. The monoisotopic (exact) mass is 372 g/mol. The molecule has 0 aliphatic rings. The second-order valence-electron chi connectivity index (χ2n) is 6.34. The van der Waals surface area contributed by atoms with Crippen LogP contribution >= 0.6 is 0 Å². The molecule has 26 heavy (non-hydrogen) atoms. The van der Waals surface area contributed by atoms with Gasteiger partial charge in [0.05, 0.1) is 0 Å². The van der Waals surface area contributed by atoms with Crippen LogP contribution in [0.2, 0.25) is 0 Å². The fraction of sp³-hybridized carbons (Fsp3) is 0.750. The van der Waals surface area contributed by atoms with Gasteiger partial charge >= 0.3 is 17.9 Å². The van der Waals surface area contributed by atoms with Crippen LogP contribution in [0.4, 0.5) is 0 Å². The van der Waals surface area contributed by atoms with E-state index in [-0.39, 0.29) is 0 Å². The lowest BCUT2D eigenvalue weighted by atomic mass is 10.1. The lowest BCUT2D eigenvalue weighted by Gasteiger charge is -1.99. The predicted octanol–water partition coefficient (Wildman–Crippen LogP) is 5.26. The first kappa shape index (κ1) is 26.4. The quantitative estimate of drug-likeness (QED) is 0.205. The van der Waals surface area contributed by atoms with Crippen LogP contribution in [-0.4, -0.2) is 33.2 Å². The highest BCUT2D eigenvalue weighted by Crippen LogP contribution is 2.09. The van der Waals surface area contributed by atoms with Gasteiger partial charge < -0.3 is 15.3 Å². The molecule has 0 spiro atoms. The van der Waals surface area contributed by atoms with Crippen LogP contribution in [0.25, 0.3) is 0 Å². The Morgan fingerprint density at radius 1 is 0.615 bits per heavy atom. The van der Waals surface area contributed by atoms with Crippen molar-refractivity contribution < 1.29 is 29.7 Å². The number of unbranched alkanes of at least 4 members (excludes halogenated alkanes) is 11. The smallest absolute Gasteiger partial charge is 0.414 e. The number of carboxylic acids is 3. The van der Waals surface area contributed by atoms with E-state index in [0.29, 0.717) is 6.42 Å². The molecule has 0 aromatic rings. The van der Waals surface area contributed by atoms with Crippen molar-refractivity contribution in [3.63, 3.8) is 0 Å². The van der Waals surface area contributed by atoms with Crippen molar-refractivity contribution in [2.24, 2.45) is 0 Å². The number of carbonyl (C=O) groups is 3. The van der Waals surface area contributed by atoms with Gasteiger partial charge in [0.25, 0.3) is 0 Å². The Morgan fingerprint density at radius 2 is 1.00 bits per heavy atom. The number of aliphatic carboxylic acids is 3. The lowest BCUT2D eigenvalue weighted by molar-refractivity contribution is -0.159. The number of hydrogen-bond acceptors (Lipinski definition) is 3. The highest BCUT2D eigenvalue weighted by atomic mass is 16.4. The first-order valence-corrected chi connectivity index (χ1v) is 9.74. The minimum absolute atomic E-state index is 0.332. The summed E-state index contributed by atoms with van der Waals surface area (Å²) < 4.78 is 0. The molecule has 0 aliphatic heterocycles. The normalized spacial score (nSPS) is 10.3. The molecule has 0 unspecified atom stereocenters. The van der Waals surface area contributed by atoms with Gasteiger partial charge in [0, 0.05) is 6.42 Å². The molecule has 0 saturated carbocycles. The van der Waals surface area contributed by atoms with Crippen LogP contribution in [-0.2, 0) is 14.4 Å². The third kappa shape index (κ3) is 27.0. The highest BCUT2D eigenvalue weighted by Gasteiger charge is 2.04. The van der Waals surface area contributed by atoms with Gasteiger partial charge in [-0.15, -0.1) is 0 Å². The van der Waals surface area contributed by atoms with Crippen molar-refractivity contribution in [2.75, 3.05) is 0 Å². The van der Waals surface area contributed by atoms with Crippen LogP contribution in [0.5, 0.6) is 0 Å². The third-order valence-corrected chi connectivity index (χ3v) is 3.84. The predicted molar refractivity (Wildman–Crippen MR) is 102 cm³/mol. The second-order valence-corrected chi connectivity index (χ2v) is 6.34. The zero-order valence-electron chi connectivity index (χ0n) is 16.1. The Labute approximate surface area is 157 Å². The molecule has 6 nitrogen and oxygen atoms in total. The van der Waals surface area contributed by atoms with Crippen molar-refractivity contribution in [1.29, 1.82) is 0 Å². The van der Waals surface area contributed by atoms with Crippen molar-refractivity contribution >= 4 is 17.9 Å². The number of carboxylic acid groups (broad SMARTS) is 3. The minimum Gasteiger partial charge on any atom is -0.481 e. The maximum atomic E-state index is 10.3. The summed E-state index contributed by atoms with van der Waals surface area (Å²) in [4.78, 5) is 28.5. The van der Waals surface area contributed by atoms with E-state index < -0.39 is 17.9 Å². The molecule has 0 heterocycles. The van der Waals surface area contributed by atoms with Crippen molar-refractivity contribution in [1.82, 2.24) is 0 Å². The van der Waals surface area contributed by atoms with Gasteiger partial charge in [-0.05, 0) is 32.1 Å². The fourth-order valence-electron chi connectivity index (χ4n) is 2.35. The summed E-state index contributed by atoms with van der Waals surface area (Å²) in [5.74, 6) is -4.31. The van der Waals surface area contributed by atoms with E-state index >= 15 is 0 Å². The highest BCUT2D eigenvalue weighted by molar-refractivity contribution is 6.27. The van der Waals surface area contributed by atoms with Crippen LogP contribution in [0.1, 0.15) is 96.8 Å². The molecule has 0 saturated heterocycles. The Kier molecular flexibility index (Phi) is 21.5. The molecule has 0 fully saturated rings. The number of rotatable bonds is 15. The summed E-state index contributed by atoms with van der Waals surface area (Å²) in [6.45, 7) is 2.26. The first-order valence-electron chi connectivity index (χ1n) is 9.74. The van der Waals surface area contributed by atoms with Crippen molar-refractivity contribution in [2.45, 2.75) is 96.8 Å². The minimum atomic E-state index is -1.82. The summed E-state index contributed by atoms with van der Waals surface area (Å²) >= 11 is 0. The van der Waals surface area contributed by atoms with Crippen LogP contribution in [0.3, 0.4) is 0 Å². The molecule has 0 aliphatic carbocycles. The molecule has 0 atom stereocenters. The third-order valence-electron chi connectivity index (χ3n) is 3.84. The SMILES string of the molecule is CCCCCCCC/C=C\CCCCCCCC(=O)O.O=C(O)C(=O)O. The van der Waals surface area contributed by atoms with E-state index in [1.54, 1.807) is 0 Å². The van der Waals surface area contributed by atoms with Gasteiger partial charge in [-0.25, -0.2) is 9.59 Å². The van der Waals surface area contributed by atoms with Gasteiger partial charge in [-0.1, -0.05) is 70.4 Å². The molecule has 152 valence electrons. The summed E-state index contributed by atoms with van der Waals surface area (Å²) in [5, 5.41) is 23.3. The molecule has 0 bridgehead atoms. The van der Waals surface area contributed by atoms with E-state index in [1.807, 2.05) is 0 Å². The molecule has 0 rings (SSSR count). The first-order chi connectivity index (χ1) is 12.4. The van der Waals surface area contributed by atoms with Gasteiger partial charge in [0.2, 0.25) is 0 Å². The van der Waals surface area contributed by atoms with Crippen molar-refractivity contribution in [3.05, 3.63) is 12.2 Å². The maximum Gasteiger partial charge on any atom is 0.414 e. The van der Waals surface area contributed by atoms with Gasteiger partial charge in [-0.2, -0.15) is 0 Å². The van der Waals surface area contributed by atoms with E-state index in [1.165, 1.54) is 70.6 Å². The van der Waals surface area contributed by atoms with Gasteiger partial charge in [0.1, 0.15) is 0 Å². The molecule has 0 radical (unpaired) electrons. The van der Waals surface area contributed by atoms with Gasteiger partial charge in [-0.3, -0.25) is 4.79 Å². The van der Waals surface area contributed by atoms with E-state index in [2.05, 4.69) is 19.1 Å². The molecular formula is C20H36O6. The summed E-state index contributed by atoms with van der Waals surface area (Å²) in [6.07, 6.45) is 21.2. The summed E-state index contributed by atoms with van der Waals surface area (Å²) in [5.41, 5.74) is 0. The van der Waals surface area contributed by atoms with Crippen LogP contribution < -0.4 is 0 Å². The molecule has 6 heteroatoms. The molecule has 0 aromatic heterocycles. The summed E-state index contributed by atoms with van der Waals surface area (Å²) in [7, 11) is 0. The van der Waals surface area contributed by atoms with E-state index in [0.717, 1.165) is 12.8 Å². The molecule has 3 N–H and O–H groups in total. The van der Waals surface area contributed by atoms with E-state index in [4.69, 9.17) is 24.9 Å².